The third-order valence-electron chi connectivity index (χ3n) is 8.03. The summed E-state index contributed by atoms with van der Waals surface area (Å²) in [5.74, 6) is -1.02. The van der Waals surface area contributed by atoms with Gasteiger partial charge in [-0.2, -0.15) is 0 Å². The maximum absolute atomic E-state index is 15.3. The number of carbonyl (C=O) groups is 3. The van der Waals surface area contributed by atoms with E-state index in [1.165, 1.54) is 34.9 Å². The Bertz CT molecular complexity index is 1730. The number of allylic oxidation sites excluding steroid dienone is 1. The molecule has 0 saturated carbocycles. The smallest absolute Gasteiger partial charge is 0.407 e. The average Bonchev–Trinajstić information content (AvgIpc) is 3.29. The SMILES string of the molecule is COC(=O)NC(CC/C=C/C(=O)N(C)C)C(=O)Nc1cccn(Cc2c(C)c3ncc(F)c(CC(C)C)c3n2COCC[Si](C)(C)C)c1=O. The van der Waals surface area contributed by atoms with Gasteiger partial charge in [-0.1, -0.05) is 39.6 Å². The molecule has 0 spiro atoms. The zero-order valence-corrected chi connectivity index (χ0v) is 31.2. The number of amides is 3. The first kappa shape index (κ1) is 39.1. The molecule has 3 heterocycles. The van der Waals surface area contributed by atoms with Gasteiger partial charge in [0.1, 0.15) is 24.3 Å². The molecule has 268 valence electrons. The number of fused-ring (bicyclic) bond motifs is 1. The summed E-state index contributed by atoms with van der Waals surface area (Å²) >= 11 is 0. The van der Waals surface area contributed by atoms with Gasteiger partial charge in [0.2, 0.25) is 11.8 Å². The minimum atomic E-state index is -1.36. The molecular formula is C35H51FN6O6Si. The number of methoxy groups -OCH3 is 1. The van der Waals surface area contributed by atoms with Crippen LogP contribution >= 0.6 is 0 Å². The Hall–Kier alpha value is -4.30. The van der Waals surface area contributed by atoms with Crippen molar-refractivity contribution in [3.63, 3.8) is 0 Å². The van der Waals surface area contributed by atoms with E-state index in [1.54, 1.807) is 32.4 Å². The van der Waals surface area contributed by atoms with Crippen LogP contribution in [0.2, 0.25) is 25.7 Å². The number of aromatic nitrogens is 3. The fourth-order valence-electron chi connectivity index (χ4n) is 5.24. The van der Waals surface area contributed by atoms with E-state index in [1.807, 2.05) is 25.3 Å². The van der Waals surface area contributed by atoms with Gasteiger partial charge in [-0.15, -0.1) is 0 Å². The van der Waals surface area contributed by atoms with Crippen molar-refractivity contribution in [3.05, 3.63) is 69.7 Å². The molecule has 1 atom stereocenters. The number of ether oxygens (including phenoxy) is 2. The Morgan fingerprint density at radius 2 is 1.90 bits per heavy atom. The number of aryl methyl sites for hydroxylation is 1. The summed E-state index contributed by atoms with van der Waals surface area (Å²) in [5, 5.41) is 5.15. The molecule has 0 aliphatic heterocycles. The summed E-state index contributed by atoms with van der Waals surface area (Å²) in [6.07, 6.45) is 6.02. The van der Waals surface area contributed by atoms with Crippen LogP contribution in [0.15, 0.2) is 41.5 Å². The molecule has 3 rings (SSSR count). The van der Waals surface area contributed by atoms with Crippen molar-refractivity contribution < 1.29 is 28.2 Å². The summed E-state index contributed by atoms with van der Waals surface area (Å²) in [6.45, 7) is 13.6. The standard InChI is InChI=1S/C35H51FN6O6Si/c1-23(2)19-25-26(36)20-37-31-24(3)29(42(32(25)31)22-48-17-18-49(7,8)9)21-41-16-12-14-28(34(41)45)38-33(44)27(39-35(46)47-6)13-10-11-15-30(43)40(4)5/h11-12,14-16,20,23,27H,10,13,17-19,21-22H2,1-9H3,(H,38,44)(H,39,46)/b15-11+. The Balaban J connectivity index is 1.96. The van der Waals surface area contributed by atoms with Crippen LogP contribution in [-0.4, -0.2) is 78.9 Å². The molecule has 0 aliphatic rings. The fourth-order valence-corrected chi connectivity index (χ4v) is 6.00. The number of alkyl carbamates (subject to hydrolysis) is 1. The van der Waals surface area contributed by atoms with Crippen molar-refractivity contribution in [3.8, 4) is 0 Å². The molecule has 3 aromatic heterocycles. The largest absolute Gasteiger partial charge is 0.453 e. The topological polar surface area (TPSA) is 137 Å². The second-order valence-corrected chi connectivity index (χ2v) is 19.6. The number of carbonyl (C=O) groups excluding carboxylic acids is 3. The first-order valence-corrected chi connectivity index (χ1v) is 20.2. The van der Waals surface area contributed by atoms with Gasteiger partial charge in [0.15, 0.2) is 0 Å². The molecule has 12 nitrogen and oxygen atoms in total. The van der Waals surface area contributed by atoms with E-state index in [2.05, 4.69) is 40.0 Å². The minimum absolute atomic E-state index is 0.0128. The molecule has 14 heteroatoms. The lowest BCUT2D eigenvalue weighted by Gasteiger charge is -2.19. The number of anilines is 1. The van der Waals surface area contributed by atoms with Crippen molar-refractivity contribution >= 4 is 42.7 Å². The Kier molecular flexibility index (Phi) is 13.9. The fraction of sp³-hybridized carbons (Fsp3) is 0.514. The van der Waals surface area contributed by atoms with E-state index in [9.17, 15) is 19.2 Å². The molecule has 0 radical (unpaired) electrons. The summed E-state index contributed by atoms with van der Waals surface area (Å²) in [4.78, 5) is 56.8. The second kappa shape index (κ2) is 17.4. The van der Waals surface area contributed by atoms with Crippen LogP contribution in [0.25, 0.3) is 11.0 Å². The maximum atomic E-state index is 15.3. The van der Waals surface area contributed by atoms with Gasteiger partial charge in [-0.3, -0.25) is 19.4 Å². The molecule has 0 aromatic carbocycles. The molecule has 0 bridgehead atoms. The monoisotopic (exact) mass is 698 g/mol. The molecule has 0 fully saturated rings. The van der Waals surface area contributed by atoms with Crippen molar-refractivity contribution in [2.24, 2.45) is 5.92 Å². The first-order chi connectivity index (χ1) is 23.0. The van der Waals surface area contributed by atoms with E-state index in [-0.39, 0.29) is 43.0 Å². The van der Waals surface area contributed by atoms with Crippen molar-refractivity contribution in [1.29, 1.82) is 0 Å². The summed E-state index contributed by atoms with van der Waals surface area (Å²) in [7, 11) is 3.07. The highest BCUT2D eigenvalue weighted by Crippen LogP contribution is 2.30. The number of rotatable bonds is 16. The Labute approximate surface area is 288 Å². The summed E-state index contributed by atoms with van der Waals surface area (Å²) in [6, 6.07) is 3.05. The molecule has 49 heavy (non-hydrogen) atoms. The molecule has 3 aromatic rings. The van der Waals surface area contributed by atoms with E-state index >= 15 is 4.39 Å². The second-order valence-electron chi connectivity index (χ2n) is 14.0. The van der Waals surface area contributed by atoms with Gasteiger partial charge in [0.25, 0.3) is 5.56 Å². The molecule has 1 unspecified atom stereocenters. The Morgan fingerprint density at radius 1 is 1.18 bits per heavy atom. The maximum Gasteiger partial charge on any atom is 0.407 e. The average molecular weight is 699 g/mol. The Morgan fingerprint density at radius 3 is 2.53 bits per heavy atom. The van der Waals surface area contributed by atoms with E-state index in [0.717, 1.165) is 17.3 Å². The highest BCUT2D eigenvalue weighted by atomic mass is 28.3. The first-order valence-electron chi connectivity index (χ1n) is 16.5. The lowest BCUT2D eigenvalue weighted by atomic mass is 10.0. The van der Waals surface area contributed by atoms with E-state index in [0.29, 0.717) is 36.0 Å². The normalized spacial score (nSPS) is 12.5. The van der Waals surface area contributed by atoms with Gasteiger partial charge < -0.3 is 34.1 Å². The van der Waals surface area contributed by atoms with Crippen LogP contribution < -0.4 is 16.2 Å². The van der Waals surface area contributed by atoms with Crippen molar-refractivity contribution in [2.75, 3.05) is 33.1 Å². The van der Waals surface area contributed by atoms with Gasteiger partial charge in [-0.05, 0) is 61.9 Å². The van der Waals surface area contributed by atoms with Crippen LogP contribution in [0.4, 0.5) is 14.9 Å². The molecule has 0 aliphatic carbocycles. The lowest BCUT2D eigenvalue weighted by molar-refractivity contribution is -0.123. The molecule has 0 saturated heterocycles. The molecule has 3 amide bonds. The van der Waals surface area contributed by atoms with Crippen molar-refractivity contribution in [2.45, 2.75) is 85.0 Å². The van der Waals surface area contributed by atoms with Crippen LogP contribution in [-0.2, 0) is 38.8 Å². The number of likely N-dealkylation sites (N-methyl/N-ethyl adjacent to an activating group) is 1. The van der Waals surface area contributed by atoms with Gasteiger partial charge >= 0.3 is 6.09 Å². The number of nitrogens with one attached hydrogen (secondary N) is 2. The number of halogens is 1. The van der Waals surface area contributed by atoms with Crippen LogP contribution in [0.5, 0.6) is 0 Å². The molecule has 2 N–H and O–H groups in total. The van der Waals surface area contributed by atoms with Gasteiger partial charge in [0, 0.05) is 46.2 Å². The quantitative estimate of drug-likeness (QED) is 0.118. The summed E-state index contributed by atoms with van der Waals surface area (Å²) < 4.78 is 29.5. The third-order valence-corrected chi connectivity index (χ3v) is 9.74. The predicted octanol–water partition coefficient (Wildman–Crippen LogP) is 5.29. The number of hydrogen-bond donors (Lipinski definition) is 2. The number of hydrogen-bond acceptors (Lipinski definition) is 7. The van der Waals surface area contributed by atoms with E-state index in [4.69, 9.17) is 4.74 Å². The van der Waals surface area contributed by atoms with Crippen LogP contribution in [0.1, 0.15) is 43.5 Å². The van der Waals surface area contributed by atoms with Gasteiger partial charge in [0.05, 0.1) is 30.9 Å². The lowest BCUT2D eigenvalue weighted by Crippen LogP contribution is -2.44. The zero-order valence-electron chi connectivity index (χ0n) is 30.2. The predicted molar refractivity (Wildman–Crippen MR) is 192 cm³/mol. The zero-order chi connectivity index (χ0) is 36.5. The number of pyridine rings is 2. The van der Waals surface area contributed by atoms with Crippen molar-refractivity contribution in [1.82, 2.24) is 24.3 Å². The summed E-state index contributed by atoms with van der Waals surface area (Å²) in [5.41, 5.74) is 2.95. The highest BCUT2D eigenvalue weighted by Gasteiger charge is 2.24. The number of nitrogens with zero attached hydrogens (tertiary/aromatic N) is 4. The molecular weight excluding hydrogens is 648 g/mol. The van der Waals surface area contributed by atoms with E-state index < -0.39 is 31.7 Å². The van der Waals surface area contributed by atoms with Crippen LogP contribution in [0.3, 0.4) is 0 Å². The van der Waals surface area contributed by atoms with Crippen LogP contribution in [0, 0.1) is 18.7 Å². The third kappa shape index (κ3) is 10.8. The minimum Gasteiger partial charge on any atom is -0.453 e. The van der Waals surface area contributed by atoms with Gasteiger partial charge in [-0.25, -0.2) is 9.18 Å². The highest BCUT2D eigenvalue weighted by molar-refractivity contribution is 6.76.